The molecule has 0 aromatic heterocycles. The van der Waals surface area contributed by atoms with Gasteiger partial charge in [-0.2, -0.15) is 5.10 Å². The van der Waals surface area contributed by atoms with Crippen molar-refractivity contribution in [2.24, 2.45) is 5.10 Å². The van der Waals surface area contributed by atoms with Crippen LogP contribution in [0.1, 0.15) is 11.1 Å². The number of carbonyl (C=O) groups excluding carboxylic acids is 1. The van der Waals surface area contributed by atoms with Crippen LogP contribution in [0.3, 0.4) is 0 Å². The van der Waals surface area contributed by atoms with Crippen LogP contribution in [0, 0.1) is 0 Å². The predicted molar refractivity (Wildman–Crippen MR) is 103 cm³/mol. The lowest BCUT2D eigenvalue weighted by Crippen LogP contribution is -2.19. The Balaban J connectivity index is 1.78. The van der Waals surface area contributed by atoms with Crippen LogP contribution >= 0.6 is 50.9 Å². The predicted octanol–water partition coefficient (Wildman–Crippen LogP) is 5.14. The highest BCUT2D eigenvalue weighted by Gasteiger charge is 2.04. The van der Waals surface area contributed by atoms with Gasteiger partial charge in [0.2, 0.25) is 5.91 Å². The van der Waals surface area contributed by atoms with Crippen molar-refractivity contribution in [2.45, 2.75) is 5.75 Å². The minimum atomic E-state index is -0.176. The van der Waals surface area contributed by atoms with Crippen LogP contribution in [0.5, 0.6) is 0 Å². The van der Waals surface area contributed by atoms with Crippen molar-refractivity contribution in [2.75, 3.05) is 5.75 Å². The zero-order valence-corrected chi connectivity index (χ0v) is 15.8. The Morgan fingerprint density at radius 1 is 1.22 bits per heavy atom. The fourth-order valence-corrected chi connectivity index (χ4v) is 3.43. The molecule has 0 radical (unpaired) electrons. The maximum atomic E-state index is 11.7. The van der Waals surface area contributed by atoms with Gasteiger partial charge < -0.3 is 0 Å². The molecule has 7 heteroatoms. The molecule has 2 aromatic rings. The van der Waals surface area contributed by atoms with Crippen LogP contribution in [-0.4, -0.2) is 17.9 Å². The Morgan fingerprint density at radius 2 is 1.91 bits per heavy atom. The first-order chi connectivity index (χ1) is 11.1. The van der Waals surface area contributed by atoms with Gasteiger partial charge in [-0.3, -0.25) is 4.79 Å². The largest absolute Gasteiger partial charge is 0.272 e. The van der Waals surface area contributed by atoms with Gasteiger partial charge in [0.25, 0.3) is 0 Å². The first kappa shape index (κ1) is 18.3. The molecule has 2 rings (SSSR count). The molecule has 120 valence electrons. The SMILES string of the molecule is O=C(CSCc1cccc(Br)c1)N/N=C\c1c(Cl)cccc1Cl. The third kappa shape index (κ3) is 6.18. The molecule has 0 saturated carbocycles. The van der Waals surface area contributed by atoms with Crippen molar-refractivity contribution >= 4 is 63.0 Å². The quantitative estimate of drug-likeness (QED) is 0.508. The number of thioether (sulfide) groups is 1. The number of rotatable bonds is 6. The molecule has 0 spiro atoms. The van der Waals surface area contributed by atoms with Crippen molar-refractivity contribution in [3.05, 3.63) is 68.1 Å². The van der Waals surface area contributed by atoms with Crippen molar-refractivity contribution in [3.8, 4) is 0 Å². The average molecular weight is 432 g/mol. The number of carbonyl (C=O) groups is 1. The highest BCUT2D eigenvalue weighted by molar-refractivity contribution is 9.10. The Hall–Kier alpha value is -1.01. The molecule has 0 fully saturated rings. The second-order valence-electron chi connectivity index (χ2n) is 4.55. The summed E-state index contributed by atoms with van der Waals surface area (Å²) < 4.78 is 1.03. The first-order valence-electron chi connectivity index (χ1n) is 6.64. The van der Waals surface area contributed by atoms with E-state index in [0.29, 0.717) is 21.4 Å². The molecular formula is C16H13BrCl2N2OS. The molecule has 0 aliphatic carbocycles. The lowest BCUT2D eigenvalue weighted by molar-refractivity contribution is -0.118. The first-order valence-corrected chi connectivity index (χ1v) is 9.35. The molecule has 0 aliphatic rings. The van der Waals surface area contributed by atoms with Crippen LogP contribution in [0.4, 0.5) is 0 Å². The standard InChI is InChI=1S/C16H13BrCl2N2OS/c17-12-4-1-3-11(7-12)9-23-10-16(22)21-20-8-13-14(18)5-2-6-15(13)19/h1-8H,9-10H2,(H,21,22)/b20-8-. The second-order valence-corrected chi connectivity index (χ2v) is 7.27. The minimum absolute atomic E-state index is 0.176. The highest BCUT2D eigenvalue weighted by atomic mass is 79.9. The number of hydrogen-bond acceptors (Lipinski definition) is 3. The third-order valence-electron chi connectivity index (χ3n) is 2.77. The maximum absolute atomic E-state index is 11.7. The lowest BCUT2D eigenvalue weighted by Gasteiger charge is -2.03. The lowest BCUT2D eigenvalue weighted by atomic mass is 10.2. The number of benzene rings is 2. The van der Waals surface area contributed by atoms with Gasteiger partial charge in [0.05, 0.1) is 22.0 Å². The van der Waals surface area contributed by atoms with Gasteiger partial charge >= 0.3 is 0 Å². The van der Waals surface area contributed by atoms with Crippen molar-refractivity contribution in [3.63, 3.8) is 0 Å². The Morgan fingerprint density at radius 3 is 2.61 bits per heavy atom. The zero-order valence-electron chi connectivity index (χ0n) is 11.9. The van der Waals surface area contributed by atoms with Crippen molar-refractivity contribution in [1.29, 1.82) is 0 Å². The van der Waals surface area contributed by atoms with Crippen LogP contribution in [0.25, 0.3) is 0 Å². The molecule has 0 aliphatic heterocycles. The van der Waals surface area contributed by atoms with E-state index in [-0.39, 0.29) is 5.91 Å². The van der Waals surface area contributed by atoms with E-state index in [4.69, 9.17) is 23.2 Å². The molecule has 0 atom stereocenters. The zero-order chi connectivity index (χ0) is 16.7. The highest BCUT2D eigenvalue weighted by Crippen LogP contribution is 2.22. The molecule has 0 heterocycles. The number of halogens is 3. The molecular weight excluding hydrogens is 419 g/mol. The Kier molecular flexibility index (Phi) is 7.43. The smallest absolute Gasteiger partial charge is 0.250 e. The Bertz CT molecular complexity index is 705. The molecule has 1 N–H and O–H groups in total. The van der Waals surface area contributed by atoms with Crippen LogP contribution < -0.4 is 5.43 Å². The van der Waals surface area contributed by atoms with Crippen molar-refractivity contribution in [1.82, 2.24) is 5.43 Å². The second kappa shape index (κ2) is 9.33. The van der Waals surface area contributed by atoms with E-state index in [1.54, 1.807) is 18.2 Å². The van der Waals surface area contributed by atoms with Crippen LogP contribution in [-0.2, 0) is 10.5 Å². The fraction of sp³-hybridized carbons (Fsp3) is 0.125. The van der Waals surface area contributed by atoms with Gasteiger partial charge in [-0.25, -0.2) is 5.43 Å². The summed E-state index contributed by atoms with van der Waals surface area (Å²) in [5.41, 5.74) is 4.20. The summed E-state index contributed by atoms with van der Waals surface area (Å²) >= 11 is 17.0. The summed E-state index contributed by atoms with van der Waals surface area (Å²) in [6.07, 6.45) is 1.45. The van der Waals surface area contributed by atoms with Gasteiger partial charge in [-0.15, -0.1) is 11.8 Å². The molecule has 3 nitrogen and oxygen atoms in total. The summed E-state index contributed by atoms with van der Waals surface area (Å²) in [5.74, 6) is 0.900. The van der Waals surface area contributed by atoms with E-state index >= 15 is 0 Å². The summed E-state index contributed by atoms with van der Waals surface area (Å²) in [7, 11) is 0. The molecule has 0 unspecified atom stereocenters. The third-order valence-corrected chi connectivity index (χ3v) is 4.93. The van der Waals surface area contributed by atoms with Crippen LogP contribution in [0.15, 0.2) is 52.0 Å². The average Bonchev–Trinajstić information content (AvgIpc) is 2.50. The van der Waals surface area contributed by atoms with E-state index < -0.39 is 0 Å². The van der Waals surface area contributed by atoms with E-state index in [2.05, 4.69) is 26.5 Å². The number of hydrazone groups is 1. The van der Waals surface area contributed by atoms with Gasteiger partial charge in [-0.1, -0.05) is 57.3 Å². The minimum Gasteiger partial charge on any atom is -0.272 e. The number of nitrogens with zero attached hydrogens (tertiary/aromatic N) is 1. The summed E-state index contributed by atoms with van der Waals surface area (Å²) in [6, 6.07) is 13.2. The summed E-state index contributed by atoms with van der Waals surface area (Å²) in [5, 5.41) is 4.86. The van der Waals surface area contributed by atoms with Gasteiger partial charge in [0.1, 0.15) is 0 Å². The number of hydrogen-bond donors (Lipinski definition) is 1. The normalized spacial score (nSPS) is 10.9. The monoisotopic (exact) mass is 430 g/mol. The van der Waals surface area contributed by atoms with E-state index in [0.717, 1.165) is 15.8 Å². The number of nitrogens with one attached hydrogen (secondary N) is 1. The van der Waals surface area contributed by atoms with Gasteiger partial charge in [0.15, 0.2) is 0 Å². The van der Waals surface area contributed by atoms with E-state index in [1.165, 1.54) is 18.0 Å². The van der Waals surface area contributed by atoms with Crippen molar-refractivity contribution < 1.29 is 4.79 Å². The molecule has 0 saturated heterocycles. The molecule has 2 aromatic carbocycles. The molecule has 1 amide bonds. The molecule has 0 bridgehead atoms. The summed E-state index contributed by atoms with van der Waals surface area (Å²) in [4.78, 5) is 11.7. The molecule has 23 heavy (non-hydrogen) atoms. The number of amides is 1. The Labute approximate surface area is 157 Å². The fourth-order valence-electron chi connectivity index (χ4n) is 1.72. The van der Waals surface area contributed by atoms with Gasteiger partial charge in [-0.05, 0) is 29.8 Å². The van der Waals surface area contributed by atoms with Gasteiger partial charge in [0, 0.05) is 15.8 Å². The van der Waals surface area contributed by atoms with E-state index in [1.807, 2.05) is 24.3 Å². The topological polar surface area (TPSA) is 41.5 Å². The summed E-state index contributed by atoms with van der Waals surface area (Å²) in [6.45, 7) is 0. The van der Waals surface area contributed by atoms with E-state index in [9.17, 15) is 4.79 Å². The maximum Gasteiger partial charge on any atom is 0.250 e. The van der Waals surface area contributed by atoms with Crippen LogP contribution in [0.2, 0.25) is 10.0 Å².